The number of hydrogen-bond donors (Lipinski definition) is 2. The standard InChI is InChI=1S/C17H30N2O2/c1-12(2)10-19(11-13(3)4)15(9-18)14-6-7-17(21-5)16(20)8-14/h6-8,12-13,15,20H,9-11,18H2,1-5H3. The highest BCUT2D eigenvalue weighted by molar-refractivity contribution is 5.42. The van der Waals surface area contributed by atoms with Gasteiger partial charge in [0, 0.05) is 25.7 Å². The van der Waals surface area contributed by atoms with Crippen LogP contribution in [-0.4, -0.2) is 36.8 Å². The Morgan fingerprint density at radius 2 is 1.71 bits per heavy atom. The fraction of sp³-hybridized carbons (Fsp3) is 0.647. The van der Waals surface area contributed by atoms with Gasteiger partial charge in [0.1, 0.15) is 0 Å². The van der Waals surface area contributed by atoms with Gasteiger partial charge in [0.2, 0.25) is 0 Å². The molecule has 0 saturated carbocycles. The zero-order chi connectivity index (χ0) is 16.0. The van der Waals surface area contributed by atoms with E-state index in [1.165, 1.54) is 0 Å². The van der Waals surface area contributed by atoms with Gasteiger partial charge in [0.15, 0.2) is 11.5 Å². The Hall–Kier alpha value is -1.26. The van der Waals surface area contributed by atoms with Gasteiger partial charge in [-0.2, -0.15) is 0 Å². The number of aromatic hydroxyl groups is 1. The highest BCUT2D eigenvalue weighted by Gasteiger charge is 2.21. The van der Waals surface area contributed by atoms with E-state index in [9.17, 15) is 5.11 Å². The van der Waals surface area contributed by atoms with E-state index in [1.54, 1.807) is 19.2 Å². The van der Waals surface area contributed by atoms with E-state index in [0.29, 0.717) is 24.1 Å². The lowest BCUT2D eigenvalue weighted by Gasteiger charge is -2.34. The Bertz CT molecular complexity index is 423. The summed E-state index contributed by atoms with van der Waals surface area (Å²) >= 11 is 0. The maximum atomic E-state index is 10.00. The lowest BCUT2D eigenvalue weighted by molar-refractivity contribution is 0.160. The number of ether oxygens (including phenoxy) is 1. The van der Waals surface area contributed by atoms with Gasteiger partial charge in [-0.15, -0.1) is 0 Å². The Balaban J connectivity index is 3.03. The SMILES string of the molecule is COc1ccc(C(CN)N(CC(C)C)CC(C)C)cc1O. The van der Waals surface area contributed by atoms with E-state index in [1.807, 2.05) is 6.07 Å². The third kappa shape index (κ3) is 5.21. The molecule has 1 unspecified atom stereocenters. The van der Waals surface area contributed by atoms with Gasteiger partial charge in [0.25, 0.3) is 0 Å². The van der Waals surface area contributed by atoms with Crippen LogP contribution in [-0.2, 0) is 0 Å². The highest BCUT2D eigenvalue weighted by Crippen LogP contribution is 2.31. The Morgan fingerprint density at radius 3 is 2.10 bits per heavy atom. The molecule has 0 heterocycles. The van der Waals surface area contributed by atoms with Gasteiger partial charge in [-0.25, -0.2) is 0 Å². The van der Waals surface area contributed by atoms with E-state index in [-0.39, 0.29) is 11.8 Å². The summed E-state index contributed by atoms with van der Waals surface area (Å²) in [7, 11) is 1.55. The molecule has 0 fully saturated rings. The molecule has 0 amide bonds. The van der Waals surface area contributed by atoms with Crippen molar-refractivity contribution in [3.8, 4) is 11.5 Å². The number of nitrogens with two attached hydrogens (primary N) is 1. The zero-order valence-corrected chi connectivity index (χ0v) is 14.0. The molecule has 0 spiro atoms. The summed E-state index contributed by atoms with van der Waals surface area (Å²) in [6.45, 7) is 11.4. The molecule has 1 aromatic carbocycles. The number of methoxy groups -OCH3 is 1. The van der Waals surface area contributed by atoms with E-state index >= 15 is 0 Å². The van der Waals surface area contributed by atoms with E-state index < -0.39 is 0 Å². The first-order chi connectivity index (χ1) is 9.88. The van der Waals surface area contributed by atoms with Gasteiger partial charge in [-0.3, -0.25) is 4.90 Å². The second-order valence-electron chi connectivity index (χ2n) is 6.42. The van der Waals surface area contributed by atoms with Crippen molar-refractivity contribution in [2.24, 2.45) is 17.6 Å². The molecule has 0 aromatic heterocycles. The van der Waals surface area contributed by atoms with Crippen molar-refractivity contribution in [2.75, 3.05) is 26.7 Å². The normalized spacial score (nSPS) is 13.2. The summed E-state index contributed by atoms with van der Waals surface area (Å²) in [5.41, 5.74) is 7.06. The molecule has 0 saturated heterocycles. The van der Waals surface area contributed by atoms with Crippen molar-refractivity contribution in [2.45, 2.75) is 33.7 Å². The van der Waals surface area contributed by atoms with Gasteiger partial charge in [-0.1, -0.05) is 33.8 Å². The maximum absolute atomic E-state index is 10.00. The van der Waals surface area contributed by atoms with Gasteiger partial charge >= 0.3 is 0 Å². The predicted octanol–water partition coefficient (Wildman–Crippen LogP) is 3.01. The molecule has 4 heteroatoms. The molecule has 120 valence electrons. The molecule has 0 radical (unpaired) electrons. The number of phenolic OH excluding ortho intramolecular Hbond substituents is 1. The molecule has 1 rings (SSSR count). The lowest BCUT2D eigenvalue weighted by Crippen LogP contribution is -2.38. The number of phenols is 1. The molecule has 0 aliphatic rings. The number of benzene rings is 1. The maximum Gasteiger partial charge on any atom is 0.160 e. The summed E-state index contributed by atoms with van der Waals surface area (Å²) in [4.78, 5) is 2.41. The Morgan fingerprint density at radius 1 is 1.14 bits per heavy atom. The molecule has 0 aliphatic heterocycles. The summed E-state index contributed by atoms with van der Waals surface area (Å²) in [5, 5.41) is 10.00. The van der Waals surface area contributed by atoms with Crippen LogP contribution >= 0.6 is 0 Å². The van der Waals surface area contributed by atoms with Crippen LogP contribution in [0.5, 0.6) is 11.5 Å². The van der Waals surface area contributed by atoms with Crippen molar-refractivity contribution in [3.63, 3.8) is 0 Å². The summed E-state index contributed by atoms with van der Waals surface area (Å²) in [6.07, 6.45) is 0. The first kappa shape index (κ1) is 17.8. The van der Waals surface area contributed by atoms with Crippen LogP contribution in [0, 0.1) is 11.8 Å². The minimum atomic E-state index is 0.117. The minimum Gasteiger partial charge on any atom is -0.504 e. The van der Waals surface area contributed by atoms with Crippen LogP contribution in [0.25, 0.3) is 0 Å². The predicted molar refractivity (Wildman–Crippen MR) is 87.7 cm³/mol. The number of rotatable bonds is 8. The van der Waals surface area contributed by atoms with Crippen LogP contribution < -0.4 is 10.5 Å². The van der Waals surface area contributed by atoms with Crippen molar-refractivity contribution in [1.29, 1.82) is 0 Å². The monoisotopic (exact) mass is 294 g/mol. The minimum absolute atomic E-state index is 0.117. The molecule has 0 bridgehead atoms. The lowest BCUT2D eigenvalue weighted by atomic mass is 10.0. The summed E-state index contributed by atoms with van der Waals surface area (Å²) in [6, 6.07) is 5.68. The third-order valence-electron chi connectivity index (χ3n) is 3.45. The molecule has 1 atom stereocenters. The largest absolute Gasteiger partial charge is 0.504 e. The van der Waals surface area contributed by atoms with Crippen LogP contribution in [0.4, 0.5) is 0 Å². The fourth-order valence-corrected chi connectivity index (χ4v) is 2.68. The van der Waals surface area contributed by atoms with E-state index in [2.05, 4.69) is 32.6 Å². The Kier molecular flexibility index (Phi) is 6.99. The first-order valence-electron chi connectivity index (χ1n) is 7.70. The quantitative estimate of drug-likeness (QED) is 0.774. The van der Waals surface area contributed by atoms with Gasteiger partial charge < -0.3 is 15.6 Å². The molecule has 0 aliphatic carbocycles. The van der Waals surface area contributed by atoms with Crippen LogP contribution in [0.1, 0.15) is 39.3 Å². The average Bonchev–Trinajstić information content (AvgIpc) is 2.38. The van der Waals surface area contributed by atoms with Crippen molar-refractivity contribution in [3.05, 3.63) is 23.8 Å². The number of hydrogen-bond acceptors (Lipinski definition) is 4. The summed E-state index contributed by atoms with van der Waals surface area (Å²) in [5.74, 6) is 1.81. The highest BCUT2D eigenvalue weighted by atomic mass is 16.5. The van der Waals surface area contributed by atoms with Crippen LogP contribution in [0.3, 0.4) is 0 Å². The second-order valence-corrected chi connectivity index (χ2v) is 6.42. The molecule has 4 nitrogen and oxygen atoms in total. The third-order valence-corrected chi connectivity index (χ3v) is 3.45. The average molecular weight is 294 g/mol. The Labute approximate surface area is 128 Å². The molecule has 21 heavy (non-hydrogen) atoms. The topological polar surface area (TPSA) is 58.7 Å². The van der Waals surface area contributed by atoms with Crippen molar-refractivity contribution < 1.29 is 9.84 Å². The van der Waals surface area contributed by atoms with Crippen LogP contribution in [0.2, 0.25) is 0 Å². The molecule has 1 aromatic rings. The second kappa shape index (κ2) is 8.25. The van der Waals surface area contributed by atoms with Gasteiger partial charge in [-0.05, 0) is 29.5 Å². The fourth-order valence-electron chi connectivity index (χ4n) is 2.68. The molecular formula is C17H30N2O2. The van der Waals surface area contributed by atoms with Crippen molar-refractivity contribution >= 4 is 0 Å². The van der Waals surface area contributed by atoms with Gasteiger partial charge in [0.05, 0.1) is 7.11 Å². The van der Waals surface area contributed by atoms with E-state index in [0.717, 1.165) is 18.7 Å². The summed E-state index contributed by atoms with van der Waals surface area (Å²) < 4.78 is 5.11. The molecular weight excluding hydrogens is 264 g/mol. The van der Waals surface area contributed by atoms with Crippen molar-refractivity contribution in [1.82, 2.24) is 4.90 Å². The smallest absolute Gasteiger partial charge is 0.160 e. The van der Waals surface area contributed by atoms with E-state index in [4.69, 9.17) is 10.5 Å². The zero-order valence-electron chi connectivity index (χ0n) is 14.0. The van der Waals surface area contributed by atoms with Crippen LogP contribution in [0.15, 0.2) is 18.2 Å². The first-order valence-corrected chi connectivity index (χ1v) is 7.70. The number of nitrogens with zero attached hydrogens (tertiary/aromatic N) is 1. The molecule has 3 N–H and O–H groups in total.